The van der Waals surface area contributed by atoms with E-state index in [1.54, 1.807) is 24.4 Å². The van der Waals surface area contributed by atoms with Crippen LogP contribution in [0.5, 0.6) is 0 Å². The average Bonchev–Trinajstić information content (AvgIpc) is 3.25. The lowest BCUT2D eigenvalue weighted by Gasteiger charge is -2.12. The van der Waals surface area contributed by atoms with Crippen molar-refractivity contribution in [2.75, 3.05) is 5.32 Å². The first kappa shape index (κ1) is 19.3. The number of oxazole rings is 1. The number of hydrogen-bond donors (Lipinski definition) is 3. The van der Waals surface area contributed by atoms with Gasteiger partial charge in [-0.15, -0.1) is 0 Å². The molecule has 146 valence electrons. The van der Waals surface area contributed by atoms with Gasteiger partial charge in [-0.3, -0.25) is 5.10 Å². The summed E-state index contributed by atoms with van der Waals surface area (Å²) in [5.41, 5.74) is 4.96. The van der Waals surface area contributed by atoms with Gasteiger partial charge < -0.3 is 15.5 Å². The fourth-order valence-corrected chi connectivity index (χ4v) is 2.42. The number of carbonyl (C=O) groups excluding carboxylic acids is 1. The van der Waals surface area contributed by atoms with Gasteiger partial charge in [0.25, 0.3) is 0 Å². The molecule has 0 atom stereocenters. The molecule has 2 aromatic heterocycles. The van der Waals surface area contributed by atoms with Crippen LogP contribution in [0, 0.1) is 11.6 Å². The maximum atomic E-state index is 14.5. The lowest BCUT2D eigenvalue weighted by atomic mass is 9.94. The summed E-state index contributed by atoms with van der Waals surface area (Å²) in [4.78, 5) is 15.1. The van der Waals surface area contributed by atoms with Gasteiger partial charge in [-0.1, -0.05) is 20.8 Å². The van der Waals surface area contributed by atoms with E-state index in [-0.39, 0.29) is 16.7 Å². The van der Waals surface area contributed by atoms with Gasteiger partial charge in [0, 0.05) is 17.1 Å². The Hall–Kier alpha value is -3.49. The summed E-state index contributed by atoms with van der Waals surface area (Å²) < 4.78 is 33.9. The van der Waals surface area contributed by atoms with Crippen molar-refractivity contribution >= 4 is 23.9 Å². The summed E-state index contributed by atoms with van der Waals surface area (Å²) in [6.07, 6.45) is 4.98. The molecule has 3 rings (SSSR count). The molecule has 3 aromatic rings. The number of amides is 2. The van der Waals surface area contributed by atoms with E-state index in [2.05, 4.69) is 15.2 Å². The predicted octanol–water partition coefficient (Wildman–Crippen LogP) is 4.30. The molecule has 0 saturated carbocycles. The Labute approximate surface area is 159 Å². The van der Waals surface area contributed by atoms with Gasteiger partial charge >= 0.3 is 6.03 Å². The van der Waals surface area contributed by atoms with E-state index in [1.165, 1.54) is 6.07 Å². The highest BCUT2D eigenvalue weighted by molar-refractivity contribution is 5.89. The zero-order valence-corrected chi connectivity index (χ0v) is 15.5. The summed E-state index contributed by atoms with van der Waals surface area (Å²) in [5.74, 6) is -0.736. The van der Waals surface area contributed by atoms with Gasteiger partial charge in [-0.2, -0.15) is 5.10 Å². The van der Waals surface area contributed by atoms with Gasteiger partial charge in [0.1, 0.15) is 17.3 Å². The number of halogens is 2. The second-order valence-corrected chi connectivity index (χ2v) is 7.13. The van der Waals surface area contributed by atoms with Crippen LogP contribution in [0.15, 0.2) is 28.8 Å². The molecular formula is C19H19F2N5O2. The second-order valence-electron chi connectivity index (χ2n) is 7.13. The molecule has 2 heterocycles. The number of hydrogen-bond acceptors (Lipinski definition) is 4. The Balaban J connectivity index is 1.85. The van der Waals surface area contributed by atoms with Crippen molar-refractivity contribution in [2.24, 2.45) is 5.73 Å². The van der Waals surface area contributed by atoms with Crippen LogP contribution >= 0.6 is 0 Å². The zero-order chi connectivity index (χ0) is 20.5. The predicted molar refractivity (Wildman–Crippen MR) is 101 cm³/mol. The summed E-state index contributed by atoms with van der Waals surface area (Å²) in [6.45, 7) is 6.04. The molecule has 4 N–H and O–H groups in total. The Kier molecular flexibility index (Phi) is 5.00. The lowest BCUT2D eigenvalue weighted by molar-refractivity contribution is 0.259. The lowest BCUT2D eigenvalue weighted by Crippen LogP contribution is -2.21. The van der Waals surface area contributed by atoms with E-state index in [9.17, 15) is 13.6 Å². The van der Waals surface area contributed by atoms with Crippen LogP contribution in [0.4, 0.5) is 19.3 Å². The van der Waals surface area contributed by atoms with E-state index in [4.69, 9.17) is 10.2 Å². The molecule has 28 heavy (non-hydrogen) atoms. The van der Waals surface area contributed by atoms with E-state index in [0.717, 1.165) is 11.8 Å². The maximum absolute atomic E-state index is 14.5. The number of nitrogens with zero attached hydrogens (tertiary/aromatic N) is 2. The number of H-pyrrole nitrogens is 1. The van der Waals surface area contributed by atoms with E-state index in [1.807, 2.05) is 26.1 Å². The van der Waals surface area contributed by atoms with Crippen LogP contribution in [0.2, 0.25) is 0 Å². The monoisotopic (exact) mass is 387 g/mol. The SMILES string of the molecule is CC(C)(C)c1cnc(/C=C/c2cc(-c3ccc(F)c(NC(N)=O)c3F)n[nH]2)o1. The van der Waals surface area contributed by atoms with E-state index in [0.29, 0.717) is 11.6 Å². The van der Waals surface area contributed by atoms with Crippen molar-refractivity contribution in [3.63, 3.8) is 0 Å². The number of primary amides is 1. The van der Waals surface area contributed by atoms with Crippen LogP contribution < -0.4 is 11.1 Å². The van der Waals surface area contributed by atoms with Gasteiger partial charge in [0.05, 0.1) is 17.6 Å². The van der Waals surface area contributed by atoms with Gasteiger partial charge in [0.15, 0.2) is 5.82 Å². The standard InChI is InChI=1S/C19H19F2N5O2/c1-19(2,3)14-9-23-15(28-14)7-4-10-8-13(26-25-10)11-5-6-12(20)17(16(11)21)24-18(22)27/h4-9H,1-3H3,(H,25,26)(H3,22,24,27)/b7-4+. The van der Waals surface area contributed by atoms with Crippen LogP contribution in [0.25, 0.3) is 23.4 Å². The average molecular weight is 387 g/mol. The number of nitrogens with one attached hydrogen (secondary N) is 2. The summed E-state index contributed by atoms with van der Waals surface area (Å²) in [5, 5.41) is 8.69. The maximum Gasteiger partial charge on any atom is 0.316 e. The zero-order valence-electron chi connectivity index (χ0n) is 15.5. The minimum Gasteiger partial charge on any atom is -0.441 e. The number of urea groups is 1. The molecule has 2 amide bonds. The van der Waals surface area contributed by atoms with Crippen molar-refractivity contribution in [2.45, 2.75) is 26.2 Å². The summed E-state index contributed by atoms with van der Waals surface area (Å²) >= 11 is 0. The molecule has 0 aliphatic carbocycles. The highest BCUT2D eigenvalue weighted by atomic mass is 19.1. The molecule has 7 nitrogen and oxygen atoms in total. The Bertz CT molecular complexity index is 1050. The molecule has 0 spiro atoms. The Morgan fingerprint density at radius 1 is 1.29 bits per heavy atom. The molecular weight excluding hydrogens is 368 g/mol. The first-order valence-corrected chi connectivity index (χ1v) is 8.40. The largest absolute Gasteiger partial charge is 0.441 e. The third kappa shape index (κ3) is 4.08. The third-order valence-corrected chi connectivity index (χ3v) is 3.88. The van der Waals surface area contributed by atoms with Crippen molar-refractivity contribution in [3.8, 4) is 11.3 Å². The molecule has 0 fully saturated rings. The quantitative estimate of drug-likeness (QED) is 0.620. The number of benzene rings is 1. The number of carbonyl (C=O) groups is 1. The molecule has 0 aliphatic heterocycles. The van der Waals surface area contributed by atoms with E-state index >= 15 is 0 Å². The molecule has 0 bridgehead atoms. The van der Waals surface area contributed by atoms with Crippen LogP contribution in [-0.2, 0) is 5.41 Å². The van der Waals surface area contributed by atoms with Crippen LogP contribution in [0.1, 0.15) is 38.1 Å². The van der Waals surface area contributed by atoms with Crippen LogP contribution in [-0.4, -0.2) is 21.2 Å². The van der Waals surface area contributed by atoms with Crippen molar-refractivity contribution in [1.29, 1.82) is 0 Å². The van der Waals surface area contributed by atoms with E-state index < -0.39 is 23.4 Å². The molecule has 0 unspecified atom stereocenters. The molecule has 0 saturated heterocycles. The van der Waals surface area contributed by atoms with Crippen molar-refractivity contribution in [1.82, 2.24) is 15.2 Å². The van der Waals surface area contributed by atoms with Gasteiger partial charge in [-0.25, -0.2) is 18.6 Å². The first-order valence-electron chi connectivity index (χ1n) is 8.40. The molecule has 0 aliphatic rings. The molecule has 9 heteroatoms. The summed E-state index contributed by atoms with van der Waals surface area (Å²) in [6, 6.07) is 2.74. The fraction of sp³-hybridized carbons (Fsp3) is 0.211. The topological polar surface area (TPSA) is 110 Å². The van der Waals surface area contributed by atoms with Crippen molar-refractivity contribution < 1.29 is 18.0 Å². The smallest absolute Gasteiger partial charge is 0.316 e. The first-order chi connectivity index (χ1) is 13.1. The Morgan fingerprint density at radius 3 is 2.68 bits per heavy atom. The highest BCUT2D eigenvalue weighted by Gasteiger charge is 2.19. The number of anilines is 1. The number of rotatable bonds is 4. The number of aromatic amines is 1. The van der Waals surface area contributed by atoms with Gasteiger partial charge in [0.2, 0.25) is 5.89 Å². The normalized spacial score (nSPS) is 11.9. The van der Waals surface area contributed by atoms with Crippen molar-refractivity contribution in [3.05, 3.63) is 53.4 Å². The number of aromatic nitrogens is 3. The minimum atomic E-state index is -1.07. The fourth-order valence-electron chi connectivity index (χ4n) is 2.42. The van der Waals surface area contributed by atoms with Crippen LogP contribution in [0.3, 0.4) is 0 Å². The third-order valence-electron chi connectivity index (χ3n) is 3.88. The van der Waals surface area contributed by atoms with Gasteiger partial charge in [-0.05, 0) is 24.3 Å². The highest BCUT2D eigenvalue weighted by Crippen LogP contribution is 2.29. The second kappa shape index (κ2) is 7.26. The molecule has 0 radical (unpaired) electrons. The number of nitrogens with two attached hydrogens (primary N) is 1. The Morgan fingerprint density at radius 2 is 2.04 bits per heavy atom. The molecule has 1 aromatic carbocycles. The minimum absolute atomic E-state index is 0.00666. The summed E-state index contributed by atoms with van der Waals surface area (Å²) in [7, 11) is 0.